The fourth-order valence-electron chi connectivity index (χ4n) is 5.21. The number of carbonyl (C=O) groups excluding carboxylic acids is 3. The highest BCUT2D eigenvalue weighted by molar-refractivity contribution is 9.10. The van der Waals surface area contributed by atoms with Gasteiger partial charge in [0.1, 0.15) is 28.7 Å². The first-order chi connectivity index (χ1) is 19.1. The van der Waals surface area contributed by atoms with Gasteiger partial charge in [-0.15, -0.1) is 0 Å². The summed E-state index contributed by atoms with van der Waals surface area (Å²) >= 11 is 3.29. The van der Waals surface area contributed by atoms with Crippen molar-refractivity contribution in [2.45, 2.75) is 50.8 Å². The van der Waals surface area contributed by atoms with E-state index in [0.29, 0.717) is 10.4 Å². The van der Waals surface area contributed by atoms with Gasteiger partial charge < -0.3 is 20.1 Å². The molecule has 2 atom stereocenters. The smallest absolute Gasteiger partial charge is 0.411 e. The van der Waals surface area contributed by atoms with Crippen molar-refractivity contribution in [2.75, 3.05) is 18.5 Å². The minimum atomic E-state index is -0.866. The molecule has 5 rings (SSSR count). The Kier molecular flexibility index (Phi) is 7.80. The second-order valence-corrected chi connectivity index (χ2v) is 11.7. The van der Waals surface area contributed by atoms with E-state index in [1.165, 1.54) is 4.90 Å². The summed E-state index contributed by atoms with van der Waals surface area (Å²) in [6, 6.07) is 20.0. The van der Waals surface area contributed by atoms with E-state index in [4.69, 9.17) is 9.47 Å². The number of carbonyl (C=O) groups is 3. The highest BCUT2D eigenvalue weighted by Crippen LogP contribution is 2.44. The number of rotatable bonds is 5. The van der Waals surface area contributed by atoms with Gasteiger partial charge in [0.25, 0.3) is 0 Å². The minimum absolute atomic E-state index is 0.0730. The lowest BCUT2D eigenvalue weighted by Gasteiger charge is -2.27. The molecule has 0 spiro atoms. The van der Waals surface area contributed by atoms with Crippen molar-refractivity contribution in [3.63, 3.8) is 0 Å². The van der Waals surface area contributed by atoms with Crippen LogP contribution in [0.15, 0.2) is 71.3 Å². The summed E-state index contributed by atoms with van der Waals surface area (Å²) in [5, 5.41) is 5.60. The molecule has 3 amide bonds. The van der Waals surface area contributed by atoms with E-state index in [-0.39, 0.29) is 25.5 Å². The molecule has 1 aliphatic heterocycles. The van der Waals surface area contributed by atoms with Gasteiger partial charge in [-0.3, -0.25) is 9.69 Å². The molecule has 1 aliphatic carbocycles. The van der Waals surface area contributed by atoms with Gasteiger partial charge in [-0.2, -0.15) is 0 Å². The number of hydrogen-bond donors (Lipinski definition) is 2. The second kappa shape index (κ2) is 11.3. The third-order valence-electron chi connectivity index (χ3n) is 6.86. The van der Waals surface area contributed by atoms with Gasteiger partial charge >= 0.3 is 12.2 Å². The van der Waals surface area contributed by atoms with E-state index >= 15 is 0 Å². The van der Waals surface area contributed by atoms with Crippen molar-refractivity contribution in [3.8, 4) is 11.1 Å². The number of fused-ring (bicyclic) bond motifs is 3. The van der Waals surface area contributed by atoms with E-state index in [1.807, 2.05) is 24.3 Å². The molecule has 0 saturated carbocycles. The molecular weight excluding hydrogens is 576 g/mol. The van der Waals surface area contributed by atoms with Crippen LogP contribution in [0.5, 0.6) is 0 Å². The van der Waals surface area contributed by atoms with Crippen molar-refractivity contribution in [3.05, 3.63) is 82.5 Å². The Bertz CT molecular complexity index is 1390. The van der Waals surface area contributed by atoms with Crippen LogP contribution >= 0.6 is 15.9 Å². The van der Waals surface area contributed by atoms with Gasteiger partial charge in [0.2, 0.25) is 5.91 Å². The molecule has 208 valence electrons. The monoisotopic (exact) mass is 606 g/mol. The minimum Gasteiger partial charge on any atom is -0.449 e. The molecule has 9 nitrogen and oxygen atoms in total. The number of nitrogens with zero attached hydrogens (tertiary/aromatic N) is 2. The van der Waals surface area contributed by atoms with Crippen molar-refractivity contribution in [1.82, 2.24) is 15.2 Å². The van der Waals surface area contributed by atoms with Gasteiger partial charge in [-0.25, -0.2) is 14.6 Å². The molecule has 2 aliphatic rings. The predicted octanol–water partition coefficient (Wildman–Crippen LogP) is 5.70. The third kappa shape index (κ3) is 6.12. The zero-order chi connectivity index (χ0) is 28.4. The maximum absolute atomic E-state index is 13.2. The number of aromatic nitrogens is 1. The summed E-state index contributed by atoms with van der Waals surface area (Å²) in [7, 11) is 0. The molecule has 1 aromatic heterocycles. The first-order valence-corrected chi connectivity index (χ1v) is 13.9. The van der Waals surface area contributed by atoms with E-state index < -0.39 is 35.8 Å². The highest BCUT2D eigenvalue weighted by Gasteiger charge is 2.42. The van der Waals surface area contributed by atoms with Crippen LogP contribution in [-0.2, 0) is 14.3 Å². The van der Waals surface area contributed by atoms with E-state index in [9.17, 15) is 14.4 Å². The summed E-state index contributed by atoms with van der Waals surface area (Å²) in [5.74, 6) is -0.152. The number of halogens is 1. The zero-order valence-electron chi connectivity index (χ0n) is 22.5. The summed E-state index contributed by atoms with van der Waals surface area (Å²) in [6.07, 6.45) is -1.04. The van der Waals surface area contributed by atoms with Gasteiger partial charge in [-0.05, 0) is 77.5 Å². The summed E-state index contributed by atoms with van der Waals surface area (Å²) in [4.78, 5) is 44.7. The summed E-state index contributed by atoms with van der Waals surface area (Å²) in [5.41, 5.74) is 3.77. The fraction of sp³-hybridized carbons (Fsp3) is 0.333. The molecule has 10 heteroatoms. The number of likely N-dealkylation sites (tertiary alicyclic amines) is 1. The van der Waals surface area contributed by atoms with Crippen LogP contribution in [0.25, 0.3) is 11.1 Å². The van der Waals surface area contributed by atoms with Crippen LogP contribution in [0.4, 0.5) is 15.4 Å². The molecule has 3 aromatic rings. The van der Waals surface area contributed by atoms with Crippen LogP contribution in [0.2, 0.25) is 0 Å². The van der Waals surface area contributed by atoms with Crippen LogP contribution < -0.4 is 10.6 Å². The molecule has 1 fully saturated rings. The van der Waals surface area contributed by atoms with Gasteiger partial charge in [-0.1, -0.05) is 54.6 Å². The zero-order valence-corrected chi connectivity index (χ0v) is 24.1. The largest absolute Gasteiger partial charge is 0.449 e. The fourth-order valence-corrected chi connectivity index (χ4v) is 5.55. The standard InChI is InChI=1S/C30H31BrN4O5/c1-30(2,3)40-29(38)35-16-18(15-24(35)27(36)34-26-14-8-13-25(31)33-26)32-28(37)39-17-23-21-11-6-4-9-19(21)20-10-5-7-12-22(20)23/h4-14,18,23-24H,15-17H2,1-3H3,(H,32,37)(H,33,34,36)/t18-,24-/m0/s1. The second-order valence-electron chi connectivity index (χ2n) is 10.9. The number of anilines is 1. The molecule has 0 bridgehead atoms. The predicted molar refractivity (Wildman–Crippen MR) is 154 cm³/mol. The number of ether oxygens (including phenoxy) is 2. The van der Waals surface area contributed by atoms with E-state index in [0.717, 1.165) is 22.3 Å². The van der Waals surface area contributed by atoms with Crippen molar-refractivity contribution < 1.29 is 23.9 Å². The summed E-state index contributed by atoms with van der Waals surface area (Å²) in [6.45, 7) is 5.54. The average molecular weight is 608 g/mol. The van der Waals surface area contributed by atoms with Crippen LogP contribution in [0.3, 0.4) is 0 Å². The Labute approximate surface area is 241 Å². The lowest BCUT2D eigenvalue weighted by Crippen LogP contribution is -2.45. The number of pyridine rings is 1. The lowest BCUT2D eigenvalue weighted by molar-refractivity contribution is -0.120. The van der Waals surface area contributed by atoms with Gasteiger partial charge in [0.05, 0.1) is 6.04 Å². The van der Waals surface area contributed by atoms with Gasteiger partial charge in [0, 0.05) is 12.5 Å². The summed E-state index contributed by atoms with van der Waals surface area (Å²) < 4.78 is 11.8. The molecular formula is C30H31BrN4O5. The SMILES string of the molecule is CC(C)(C)OC(=O)N1C[C@@H](NC(=O)OCC2c3ccccc3-c3ccccc32)C[C@H]1C(=O)Nc1cccc(Br)n1. The number of alkyl carbamates (subject to hydrolysis) is 1. The van der Waals surface area contributed by atoms with Crippen molar-refractivity contribution >= 4 is 39.8 Å². The molecule has 1 saturated heterocycles. The number of hydrogen-bond acceptors (Lipinski definition) is 6. The average Bonchev–Trinajstić information content (AvgIpc) is 3.46. The van der Waals surface area contributed by atoms with Crippen LogP contribution in [-0.4, -0.2) is 58.8 Å². The van der Waals surface area contributed by atoms with Crippen LogP contribution in [0.1, 0.15) is 44.2 Å². The third-order valence-corrected chi connectivity index (χ3v) is 7.31. The number of nitrogens with one attached hydrogen (secondary N) is 2. The van der Waals surface area contributed by atoms with Crippen molar-refractivity contribution in [1.29, 1.82) is 0 Å². The highest BCUT2D eigenvalue weighted by atomic mass is 79.9. The van der Waals surface area contributed by atoms with Crippen LogP contribution in [0, 0.1) is 0 Å². The topological polar surface area (TPSA) is 110 Å². The van der Waals surface area contributed by atoms with E-state index in [2.05, 4.69) is 55.8 Å². The Hall–Kier alpha value is -3.92. The molecule has 2 heterocycles. The Balaban J connectivity index is 1.25. The Morgan fingerprint density at radius 1 is 0.975 bits per heavy atom. The van der Waals surface area contributed by atoms with E-state index in [1.54, 1.807) is 39.0 Å². The first-order valence-electron chi connectivity index (χ1n) is 13.1. The first kappa shape index (κ1) is 27.6. The Morgan fingerprint density at radius 2 is 1.62 bits per heavy atom. The quantitative estimate of drug-likeness (QED) is 0.361. The molecule has 2 N–H and O–H groups in total. The molecule has 0 unspecified atom stereocenters. The number of amides is 3. The van der Waals surface area contributed by atoms with Gasteiger partial charge in [0.15, 0.2) is 0 Å². The molecule has 2 aromatic carbocycles. The lowest BCUT2D eigenvalue weighted by atomic mass is 9.98. The maximum Gasteiger partial charge on any atom is 0.411 e. The maximum atomic E-state index is 13.2. The number of benzene rings is 2. The Morgan fingerprint density at radius 3 is 2.25 bits per heavy atom. The van der Waals surface area contributed by atoms with Crippen molar-refractivity contribution in [2.24, 2.45) is 0 Å². The molecule has 40 heavy (non-hydrogen) atoms. The molecule has 0 radical (unpaired) electrons. The normalized spacial score (nSPS) is 18.1.